The molecular formula is C16H21N3O. The third-order valence-corrected chi connectivity index (χ3v) is 3.10. The van der Waals surface area contributed by atoms with Gasteiger partial charge in [0.05, 0.1) is 6.61 Å². The minimum absolute atomic E-state index is 0.675. The first-order valence-electron chi connectivity index (χ1n) is 6.87. The number of hydrogen-bond acceptors (Lipinski definition) is 3. The van der Waals surface area contributed by atoms with Crippen LogP contribution in [0, 0.1) is 13.8 Å². The highest BCUT2D eigenvalue weighted by Crippen LogP contribution is 2.26. The van der Waals surface area contributed by atoms with Crippen molar-refractivity contribution in [2.24, 2.45) is 0 Å². The van der Waals surface area contributed by atoms with Crippen LogP contribution < -0.4 is 4.74 Å². The summed E-state index contributed by atoms with van der Waals surface area (Å²) in [6.07, 6.45) is 6.93. The Balaban J connectivity index is 1.95. The van der Waals surface area contributed by atoms with Crippen molar-refractivity contribution in [1.82, 2.24) is 14.8 Å². The minimum atomic E-state index is 0.675. The van der Waals surface area contributed by atoms with Gasteiger partial charge < -0.3 is 4.74 Å². The second-order valence-electron chi connectivity index (χ2n) is 4.92. The molecule has 1 heterocycles. The number of hydrogen-bond donors (Lipinski definition) is 0. The molecule has 1 aromatic carbocycles. The van der Waals surface area contributed by atoms with Crippen LogP contribution in [0.5, 0.6) is 5.75 Å². The molecule has 0 N–H and O–H groups in total. The summed E-state index contributed by atoms with van der Waals surface area (Å²) in [6.45, 7) is 9.50. The van der Waals surface area contributed by atoms with Gasteiger partial charge >= 0.3 is 0 Å². The van der Waals surface area contributed by atoms with Crippen molar-refractivity contribution < 1.29 is 4.74 Å². The highest BCUT2D eigenvalue weighted by atomic mass is 16.5. The van der Waals surface area contributed by atoms with Crippen LogP contribution in [-0.2, 0) is 13.0 Å². The minimum Gasteiger partial charge on any atom is -0.493 e. The highest BCUT2D eigenvalue weighted by molar-refractivity contribution is 5.44. The van der Waals surface area contributed by atoms with E-state index >= 15 is 0 Å². The van der Waals surface area contributed by atoms with Crippen LogP contribution in [0.1, 0.15) is 23.1 Å². The topological polar surface area (TPSA) is 39.9 Å². The summed E-state index contributed by atoms with van der Waals surface area (Å²) in [6, 6.07) is 4.32. The zero-order valence-corrected chi connectivity index (χ0v) is 12.2. The summed E-state index contributed by atoms with van der Waals surface area (Å²) in [5.41, 5.74) is 3.65. The Morgan fingerprint density at radius 2 is 2.20 bits per heavy atom. The maximum atomic E-state index is 5.96. The van der Waals surface area contributed by atoms with Gasteiger partial charge in [0.15, 0.2) is 0 Å². The normalized spacial score (nSPS) is 10.5. The monoisotopic (exact) mass is 271 g/mol. The van der Waals surface area contributed by atoms with E-state index in [1.54, 1.807) is 12.7 Å². The van der Waals surface area contributed by atoms with Gasteiger partial charge in [0.1, 0.15) is 18.4 Å². The molecule has 0 aliphatic rings. The van der Waals surface area contributed by atoms with E-state index in [1.165, 1.54) is 16.7 Å². The fraction of sp³-hybridized carbons (Fsp3) is 0.375. The number of ether oxygens (including phenoxy) is 1. The van der Waals surface area contributed by atoms with E-state index in [0.29, 0.717) is 6.61 Å². The van der Waals surface area contributed by atoms with E-state index in [0.717, 1.165) is 25.1 Å². The zero-order valence-electron chi connectivity index (χ0n) is 12.2. The van der Waals surface area contributed by atoms with E-state index < -0.39 is 0 Å². The average molecular weight is 271 g/mol. The number of benzene rings is 1. The van der Waals surface area contributed by atoms with Gasteiger partial charge in [0.2, 0.25) is 0 Å². The van der Waals surface area contributed by atoms with E-state index in [-0.39, 0.29) is 0 Å². The second kappa shape index (κ2) is 6.89. The quantitative estimate of drug-likeness (QED) is 0.574. The molecule has 2 rings (SSSR count). The van der Waals surface area contributed by atoms with Crippen LogP contribution in [0.15, 0.2) is 37.4 Å². The number of aromatic nitrogens is 3. The SMILES string of the molecule is C=CCc1cc(C)cc(C)c1OCCCn1cncn1. The molecular weight excluding hydrogens is 250 g/mol. The lowest BCUT2D eigenvalue weighted by Gasteiger charge is -2.14. The van der Waals surface area contributed by atoms with Crippen LogP contribution in [0.2, 0.25) is 0 Å². The molecule has 2 aromatic rings. The van der Waals surface area contributed by atoms with Gasteiger partial charge in [-0.05, 0) is 31.4 Å². The summed E-state index contributed by atoms with van der Waals surface area (Å²) in [4.78, 5) is 3.92. The van der Waals surface area contributed by atoms with Crippen molar-refractivity contribution in [2.45, 2.75) is 33.2 Å². The number of rotatable bonds is 7. The zero-order chi connectivity index (χ0) is 14.4. The van der Waals surface area contributed by atoms with Crippen molar-refractivity contribution >= 4 is 0 Å². The Morgan fingerprint density at radius 3 is 2.90 bits per heavy atom. The summed E-state index contributed by atoms with van der Waals surface area (Å²) < 4.78 is 7.78. The lowest BCUT2D eigenvalue weighted by molar-refractivity contribution is 0.294. The predicted molar refractivity (Wildman–Crippen MR) is 80.0 cm³/mol. The third kappa shape index (κ3) is 3.70. The molecule has 106 valence electrons. The molecule has 1 aromatic heterocycles. The van der Waals surface area contributed by atoms with E-state index in [4.69, 9.17) is 4.74 Å². The molecule has 0 unspecified atom stereocenters. The largest absolute Gasteiger partial charge is 0.493 e. The van der Waals surface area contributed by atoms with Gasteiger partial charge in [-0.15, -0.1) is 6.58 Å². The molecule has 0 radical (unpaired) electrons. The number of allylic oxidation sites excluding steroid dienone is 1. The second-order valence-corrected chi connectivity index (χ2v) is 4.92. The van der Waals surface area contributed by atoms with Crippen LogP contribution in [0.4, 0.5) is 0 Å². The number of aryl methyl sites for hydroxylation is 3. The molecule has 0 spiro atoms. The standard InChI is InChI=1S/C16H21N3O/c1-4-6-15-10-13(2)9-14(3)16(15)20-8-5-7-19-12-17-11-18-19/h4,9-12H,1,5-8H2,2-3H3. The van der Waals surface area contributed by atoms with Crippen LogP contribution in [-0.4, -0.2) is 21.4 Å². The van der Waals surface area contributed by atoms with Gasteiger partial charge in [0.25, 0.3) is 0 Å². The summed E-state index contributed by atoms with van der Waals surface area (Å²) in [7, 11) is 0. The highest BCUT2D eigenvalue weighted by Gasteiger charge is 2.07. The van der Waals surface area contributed by atoms with Gasteiger partial charge in [-0.1, -0.05) is 23.8 Å². The average Bonchev–Trinajstić information content (AvgIpc) is 2.90. The molecule has 0 saturated heterocycles. The van der Waals surface area contributed by atoms with Crippen LogP contribution in [0.25, 0.3) is 0 Å². The van der Waals surface area contributed by atoms with E-state index in [9.17, 15) is 0 Å². The fourth-order valence-electron chi connectivity index (χ4n) is 2.30. The van der Waals surface area contributed by atoms with Gasteiger partial charge in [-0.3, -0.25) is 4.68 Å². The summed E-state index contributed by atoms with van der Waals surface area (Å²) in [5, 5.41) is 4.07. The van der Waals surface area contributed by atoms with E-state index in [1.807, 2.05) is 10.8 Å². The number of nitrogens with zero attached hydrogens (tertiary/aromatic N) is 3. The van der Waals surface area contributed by atoms with Gasteiger partial charge in [-0.2, -0.15) is 5.10 Å². The fourth-order valence-corrected chi connectivity index (χ4v) is 2.30. The molecule has 4 heteroatoms. The first kappa shape index (κ1) is 14.3. The molecule has 0 aliphatic heterocycles. The molecule has 0 aliphatic carbocycles. The Kier molecular flexibility index (Phi) is 4.93. The van der Waals surface area contributed by atoms with E-state index in [2.05, 4.69) is 42.6 Å². The lowest BCUT2D eigenvalue weighted by atomic mass is 10.0. The predicted octanol–water partition coefficient (Wildman–Crippen LogP) is 3.09. The first-order valence-corrected chi connectivity index (χ1v) is 6.87. The van der Waals surface area contributed by atoms with Crippen molar-refractivity contribution in [3.05, 3.63) is 54.1 Å². The molecule has 0 atom stereocenters. The Morgan fingerprint density at radius 1 is 1.35 bits per heavy atom. The Bertz CT molecular complexity index is 561. The third-order valence-electron chi connectivity index (χ3n) is 3.10. The molecule has 0 saturated carbocycles. The van der Waals surface area contributed by atoms with Crippen molar-refractivity contribution in [3.63, 3.8) is 0 Å². The van der Waals surface area contributed by atoms with Crippen LogP contribution in [0.3, 0.4) is 0 Å². The molecule has 4 nitrogen and oxygen atoms in total. The lowest BCUT2D eigenvalue weighted by Crippen LogP contribution is -2.07. The molecule has 20 heavy (non-hydrogen) atoms. The molecule has 0 bridgehead atoms. The van der Waals surface area contributed by atoms with Crippen molar-refractivity contribution in [2.75, 3.05) is 6.61 Å². The van der Waals surface area contributed by atoms with Crippen molar-refractivity contribution in [3.8, 4) is 5.75 Å². The maximum absolute atomic E-state index is 5.96. The van der Waals surface area contributed by atoms with Crippen LogP contribution >= 0.6 is 0 Å². The van der Waals surface area contributed by atoms with Gasteiger partial charge in [0, 0.05) is 13.0 Å². The van der Waals surface area contributed by atoms with Gasteiger partial charge in [-0.25, -0.2) is 4.98 Å². The maximum Gasteiger partial charge on any atom is 0.137 e. The summed E-state index contributed by atoms with van der Waals surface area (Å²) >= 11 is 0. The smallest absolute Gasteiger partial charge is 0.137 e. The molecule has 0 fully saturated rings. The van der Waals surface area contributed by atoms with Crippen molar-refractivity contribution in [1.29, 1.82) is 0 Å². The Hall–Kier alpha value is -2.10. The summed E-state index contributed by atoms with van der Waals surface area (Å²) in [5.74, 6) is 0.995. The first-order chi connectivity index (χ1) is 9.70. The Labute approximate surface area is 120 Å². The molecule has 0 amide bonds.